The average Bonchev–Trinajstić information content (AvgIpc) is 2.78. The van der Waals surface area contributed by atoms with Crippen molar-refractivity contribution in [3.05, 3.63) is 72.3 Å². The summed E-state index contributed by atoms with van der Waals surface area (Å²) in [5.74, 6) is -0.316. The molecule has 0 saturated carbocycles. The SMILES string of the molecule is CCN(CCC(=O)Nc1ccc(C(N)=O)cc1)C(=O)COc1ccc2ccccc2c1. The van der Waals surface area contributed by atoms with Gasteiger partial charge in [0.2, 0.25) is 11.8 Å². The number of benzene rings is 3. The highest BCUT2D eigenvalue weighted by Crippen LogP contribution is 2.20. The minimum Gasteiger partial charge on any atom is -0.484 e. The third-order valence-corrected chi connectivity index (χ3v) is 4.88. The summed E-state index contributed by atoms with van der Waals surface area (Å²) in [6.07, 6.45) is 0.146. The van der Waals surface area contributed by atoms with E-state index >= 15 is 0 Å². The number of carbonyl (C=O) groups is 3. The average molecular weight is 419 g/mol. The maximum atomic E-state index is 12.5. The summed E-state index contributed by atoms with van der Waals surface area (Å²) in [5.41, 5.74) is 6.13. The minimum absolute atomic E-state index is 0.0949. The van der Waals surface area contributed by atoms with Crippen molar-refractivity contribution in [2.75, 3.05) is 25.0 Å². The highest BCUT2D eigenvalue weighted by atomic mass is 16.5. The van der Waals surface area contributed by atoms with Crippen LogP contribution in [0, 0.1) is 0 Å². The van der Waals surface area contributed by atoms with Crippen LogP contribution in [0.2, 0.25) is 0 Å². The van der Waals surface area contributed by atoms with Crippen LogP contribution in [0.1, 0.15) is 23.7 Å². The number of fused-ring (bicyclic) bond motifs is 1. The zero-order valence-electron chi connectivity index (χ0n) is 17.3. The van der Waals surface area contributed by atoms with Gasteiger partial charge >= 0.3 is 0 Å². The van der Waals surface area contributed by atoms with Crippen LogP contribution in [-0.4, -0.2) is 42.3 Å². The van der Waals surface area contributed by atoms with E-state index in [-0.39, 0.29) is 31.4 Å². The van der Waals surface area contributed by atoms with Crippen LogP contribution < -0.4 is 15.8 Å². The molecule has 0 unspecified atom stereocenters. The molecule has 0 fully saturated rings. The van der Waals surface area contributed by atoms with Gasteiger partial charge in [-0.3, -0.25) is 14.4 Å². The number of anilines is 1. The number of nitrogens with two attached hydrogens (primary N) is 1. The predicted octanol–water partition coefficient (Wildman–Crippen LogP) is 3.19. The molecule has 3 N–H and O–H groups in total. The third kappa shape index (κ3) is 6.05. The number of carbonyl (C=O) groups excluding carboxylic acids is 3. The van der Waals surface area contributed by atoms with Crippen molar-refractivity contribution in [3.63, 3.8) is 0 Å². The summed E-state index contributed by atoms with van der Waals surface area (Å²) in [5, 5.41) is 4.89. The van der Waals surface area contributed by atoms with E-state index in [4.69, 9.17) is 10.5 Å². The molecule has 0 spiro atoms. The van der Waals surface area contributed by atoms with Crippen molar-refractivity contribution >= 4 is 34.2 Å². The minimum atomic E-state index is -0.527. The Kier molecular flexibility index (Phi) is 7.22. The summed E-state index contributed by atoms with van der Waals surface area (Å²) >= 11 is 0. The van der Waals surface area contributed by atoms with Gasteiger partial charge in [0.25, 0.3) is 5.91 Å². The second-order valence-electron chi connectivity index (χ2n) is 7.01. The van der Waals surface area contributed by atoms with Gasteiger partial charge in [-0.15, -0.1) is 0 Å². The predicted molar refractivity (Wildman–Crippen MR) is 120 cm³/mol. The van der Waals surface area contributed by atoms with Gasteiger partial charge in [-0.2, -0.15) is 0 Å². The van der Waals surface area contributed by atoms with Gasteiger partial charge < -0.3 is 20.7 Å². The van der Waals surface area contributed by atoms with Crippen LogP contribution in [0.5, 0.6) is 5.75 Å². The van der Waals surface area contributed by atoms with Crippen LogP contribution in [0.15, 0.2) is 66.7 Å². The van der Waals surface area contributed by atoms with E-state index in [9.17, 15) is 14.4 Å². The molecular formula is C24H25N3O4. The van der Waals surface area contributed by atoms with E-state index in [1.807, 2.05) is 49.4 Å². The van der Waals surface area contributed by atoms with Crippen molar-refractivity contribution in [1.29, 1.82) is 0 Å². The topological polar surface area (TPSA) is 102 Å². The molecule has 0 bridgehead atoms. The molecule has 0 aliphatic rings. The second-order valence-corrected chi connectivity index (χ2v) is 7.01. The third-order valence-electron chi connectivity index (χ3n) is 4.88. The Balaban J connectivity index is 1.48. The first kappa shape index (κ1) is 21.8. The Morgan fingerprint density at radius 3 is 2.35 bits per heavy atom. The highest BCUT2D eigenvalue weighted by molar-refractivity contribution is 5.95. The lowest BCUT2D eigenvalue weighted by molar-refractivity contribution is -0.133. The van der Waals surface area contributed by atoms with Crippen LogP contribution in [0.25, 0.3) is 10.8 Å². The first-order valence-corrected chi connectivity index (χ1v) is 10.1. The molecule has 3 aromatic carbocycles. The number of likely N-dealkylation sites (N-methyl/N-ethyl adjacent to an activating group) is 1. The lowest BCUT2D eigenvalue weighted by atomic mass is 10.1. The van der Waals surface area contributed by atoms with E-state index in [1.165, 1.54) is 0 Å². The number of amides is 3. The summed E-state index contributed by atoms with van der Waals surface area (Å²) in [6, 6.07) is 19.9. The zero-order valence-corrected chi connectivity index (χ0v) is 17.3. The van der Waals surface area contributed by atoms with Crippen molar-refractivity contribution in [1.82, 2.24) is 4.90 Å². The highest BCUT2D eigenvalue weighted by Gasteiger charge is 2.14. The van der Waals surface area contributed by atoms with Crippen LogP contribution in [0.4, 0.5) is 5.69 Å². The lowest BCUT2D eigenvalue weighted by Crippen LogP contribution is -2.37. The van der Waals surface area contributed by atoms with Crippen molar-refractivity contribution in [2.24, 2.45) is 5.73 Å². The Morgan fingerprint density at radius 1 is 0.968 bits per heavy atom. The molecule has 3 amide bonds. The van der Waals surface area contributed by atoms with Crippen molar-refractivity contribution < 1.29 is 19.1 Å². The summed E-state index contributed by atoms with van der Waals surface area (Å²) in [6.45, 7) is 2.51. The first-order chi connectivity index (χ1) is 15.0. The number of rotatable bonds is 9. The normalized spacial score (nSPS) is 10.5. The molecule has 3 rings (SSSR count). The van der Waals surface area contributed by atoms with Crippen LogP contribution >= 0.6 is 0 Å². The van der Waals surface area contributed by atoms with E-state index < -0.39 is 5.91 Å². The standard InChI is InChI=1S/C24H25N3O4/c1-2-27(14-13-22(28)26-20-10-7-18(8-11-20)24(25)30)23(29)16-31-21-12-9-17-5-3-4-6-19(17)15-21/h3-12,15H,2,13-14,16H2,1H3,(H2,25,30)(H,26,28). The second kappa shape index (κ2) is 10.2. The van der Waals surface area contributed by atoms with Gasteiger partial charge in [-0.05, 0) is 54.1 Å². The number of nitrogens with one attached hydrogen (secondary N) is 1. The number of ether oxygens (including phenoxy) is 1. The molecule has 0 heterocycles. The Bertz CT molecular complexity index is 1080. The van der Waals surface area contributed by atoms with Crippen molar-refractivity contribution in [2.45, 2.75) is 13.3 Å². The Hall–Kier alpha value is -3.87. The van der Waals surface area contributed by atoms with Gasteiger partial charge in [0, 0.05) is 30.8 Å². The van der Waals surface area contributed by atoms with Gasteiger partial charge in [-0.1, -0.05) is 30.3 Å². The molecule has 0 radical (unpaired) electrons. The maximum absolute atomic E-state index is 12.5. The summed E-state index contributed by atoms with van der Waals surface area (Å²) < 4.78 is 5.66. The molecule has 7 nitrogen and oxygen atoms in total. The fourth-order valence-electron chi connectivity index (χ4n) is 3.13. The van der Waals surface area contributed by atoms with Crippen LogP contribution in [0.3, 0.4) is 0 Å². The maximum Gasteiger partial charge on any atom is 0.260 e. The first-order valence-electron chi connectivity index (χ1n) is 10.1. The number of hydrogen-bond acceptors (Lipinski definition) is 4. The molecule has 0 aromatic heterocycles. The molecule has 160 valence electrons. The molecule has 0 saturated heterocycles. The molecule has 3 aromatic rings. The number of nitrogens with zero attached hydrogens (tertiary/aromatic N) is 1. The molecule has 31 heavy (non-hydrogen) atoms. The summed E-state index contributed by atoms with van der Waals surface area (Å²) in [4.78, 5) is 37.4. The van der Waals surface area contributed by atoms with Gasteiger partial charge in [0.05, 0.1) is 0 Å². The van der Waals surface area contributed by atoms with Gasteiger partial charge in [0.15, 0.2) is 6.61 Å². The van der Waals surface area contributed by atoms with Crippen LogP contribution in [-0.2, 0) is 9.59 Å². The molecule has 0 atom stereocenters. The number of hydrogen-bond donors (Lipinski definition) is 2. The Morgan fingerprint density at radius 2 is 1.68 bits per heavy atom. The van der Waals surface area contributed by atoms with E-state index in [0.29, 0.717) is 23.5 Å². The largest absolute Gasteiger partial charge is 0.484 e. The fourth-order valence-corrected chi connectivity index (χ4v) is 3.13. The van der Waals surface area contributed by atoms with E-state index in [1.54, 1.807) is 29.2 Å². The zero-order chi connectivity index (χ0) is 22.2. The van der Waals surface area contributed by atoms with E-state index in [0.717, 1.165) is 10.8 Å². The van der Waals surface area contributed by atoms with Gasteiger partial charge in [-0.25, -0.2) is 0 Å². The fraction of sp³-hybridized carbons (Fsp3) is 0.208. The Labute approximate surface area is 180 Å². The lowest BCUT2D eigenvalue weighted by Gasteiger charge is -2.21. The number of primary amides is 1. The monoisotopic (exact) mass is 419 g/mol. The summed E-state index contributed by atoms with van der Waals surface area (Å²) in [7, 11) is 0. The quantitative estimate of drug-likeness (QED) is 0.556. The van der Waals surface area contributed by atoms with Crippen molar-refractivity contribution in [3.8, 4) is 5.75 Å². The van der Waals surface area contributed by atoms with E-state index in [2.05, 4.69) is 5.32 Å². The molecule has 7 heteroatoms. The molecular weight excluding hydrogens is 394 g/mol. The smallest absolute Gasteiger partial charge is 0.260 e. The molecule has 0 aliphatic carbocycles. The molecule has 0 aliphatic heterocycles. The van der Waals surface area contributed by atoms with Gasteiger partial charge in [0.1, 0.15) is 5.75 Å².